The van der Waals surface area contributed by atoms with Gasteiger partial charge in [0.15, 0.2) is 0 Å². The number of hydrogen-bond donors (Lipinski definition) is 3. The number of nitrogens with one attached hydrogen (secondary N) is 2. The molecular formula is C14H21N3O3S. The van der Waals surface area contributed by atoms with Gasteiger partial charge in [0.05, 0.1) is 11.2 Å². The molecule has 0 bridgehead atoms. The zero-order chi connectivity index (χ0) is 15.3. The van der Waals surface area contributed by atoms with Crippen molar-refractivity contribution in [3.05, 3.63) is 35.9 Å². The monoisotopic (exact) mass is 311 g/mol. The van der Waals surface area contributed by atoms with E-state index < -0.39 is 15.4 Å². The third kappa shape index (κ3) is 4.03. The third-order valence-corrected chi connectivity index (χ3v) is 4.66. The van der Waals surface area contributed by atoms with Crippen LogP contribution in [0.15, 0.2) is 30.3 Å². The molecule has 21 heavy (non-hydrogen) atoms. The van der Waals surface area contributed by atoms with Crippen LogP contribution in [0.1, 0.15) is 18.4 Å². The average Bonchev–Trinajstić information content (AvgIpc) is 2.47. The Kier molecular flexibility index (Phi) is 4.97. The van der Waals surface area contributed by atoms with Crippen LogP contribution in [-0.4, -0.2) is 39.7 Å². The van der Waals surface area contributed by atoms with E-state index in [0.717, 1.165) is 18.7 Å². The minimum absolute atomic E-state index is 0.0413. The van der Waals surface area contributed by atoms with Crippen molar-refractivity contribution in [2.45, 2.75) is 18.3 Å². The molecule has 0 saturated carbocycles. The second-order valence-corrected chi connectivity index (χ2v) is 7.05. The molecule has 1 aliphatic rings. The van der Waals surface area contributed by atoms with E-state index in [2.05, 4.69) is 10.6 Å². The lowest BCUT2D eigenvalue weighted by atomic mass is 9.72. The van der Waals surface area contributed by atoms with E-state index in [-0.39, 0.29) is 18.2 Å². The van der Waals surface area contributed by atoms with Crippen LogP contribution in [0.3, 0.4) is 0 Å². The molecule has 4 N–H and O–H groups in total. The largest absolute Gasteiger partial charge is 0.354 e. The Hall–Kier alpha value is -1.44. The summed E-state index contributed by atoms with van der Waals surface area (Å²) in [6.45, 7) is 1.56. The summed E-state index contributed by atoms with van der Waals surface area (Å²) in [5.41, 5.74) is 0.379. The molecule has 0 aromatic heterocycles. The second-order valence-electron chi connectivity index (χ2n) is 5.32. The van der Waals surface area contributed by atoms with Crippen molar-refractivity contribution in [3.63, 3.8) is 0 Å². The molecule has 0 spiro atoms. The van der Waals surface area contributed by atoms with Gasteiger partial charge < -0.3 is 10.6 Å². The van der Waals surface area contributed by atoms with Crippen molar-refractivity contribution >= 4 is 15.9 Å². The van der Waals surface area contributed by atoms with Gasteiger partial charge in [-0.25, -0.2) is 13.6 Å². The smallest absolute Gasteiger partial charge is 0.230 e. The lowest BCUT2D eigenvalue weighted by molar-refractivity contribution is -0.127. The molecule has 0 unspecified atom stereocenters. The fourth-order valence-electron chi connectivity index (χ4n) is 2.73. The van der Waals surface area contributed by atoms with Crippen LogP contribution in [-0.2, 0) is 20.2 Å². The predicted molar refractivity (Wildman–Crippen MR) is 81.2 cm³/mol. The number of rotatable bonds is 5. The minimum Gasteiger partial charge on any atom is -0.354 e. The first-order valence-electron chi connectivity index (χ1n) is 6.99. The molecule has 2 rings (SSSR count). The van der Waals surface area contributed by atoms with Crippen molar-refractivity contribution in [1.82, 2.24) is 10.6 Å². The van der Waals surface area contributed by atoms with Crippen molar-refractivity contribution in [2.24, 2.45) is 5.14 Å². The SMILES string of the molecule is NS(=O)(=O)CCNC(=O)C1(c2ccccc2)CCNCC1. The van der Waals surface area contributed by atoms with Crippen LogP contribution < -0.4 is 15.8 Å². The maximum atomic E-state index is 12.6. The number of carbonyl (C=O) groups is 1. The Bertz CT molecular complexity index is 581. The van der Waals surface area contributed by atoms with Crippen LogP contribution in [0.4, 0.5) is 0 Å². The summed E-state index contributed by atoms with van der Waals surface area (Å²) in [5, 5.41) is 10.9. The van der Waals surface area contributed by atoms with Gasteiger partial charge in [-0.2, -0.15) is 0 Å². The summed E-state index contributed by atoms with van der Waals surface area (Å²) in [4.78, 5) is 12.6. The number of nitrogens with two attached hydrogens (primary N) is 1. The maximum absolute atomic E-state index is 12.6. The van der Waals surface area contributed by atoms with Crippen molar-refractivity contribution in [2.75, 3.05) is 25.4 Å². The highest BCUT2D eigenvalue weighted by Crippen LogP contribution is 2.33. The van der Waals surface area contributed by atoms with Crippen molar-refractivity contribution in [1.29, 1.82) is 0 Å². The molecule has 7 heteroatoms. The Morgan fingerprint density at radius 2 is 1.86 bits per heavy atom. The maximum Gasteiger partial charge on any atom is 0.230 e. The highest BCUT2D eigenvalue weighted by Gasteiger charge is 2.40. The predicted octanol–water partition coefficient (Wildman–Crippen LogP) is -0.287. The van der Waals surface area contributed by atoms with Crippen LogP contribution in [0, 0.1) is 0 Å². The van der Waals surface area contributed by atoms with Gasteiger partial charge in [0.2, 0.25) is 15.9 Å². The first-order valence-corrected chi connectivity index (χ1v) is 8.71. The zero-order valence-corrected chi connectivity index (χ0v) is 12.7. The molecular weight excluding hydrogens is 290 g/mol. The van der Waals surface area contributed by atoms with Gasteiger partial charge in [0.25, 0.3) is 0 Å². The van der Waals surface area contributed by atoms with Crippen LogP contribution in [0.2, 0.25) is 0 Å². The van der Waals surface area contributed by atoms with Gasteiger partial charge >= 0.3 is 0 Å². The zero-order valence-electron chi connectivity index (χ0n) is 11.8. The van der Waals surface area contributed by atoms with Crippen molar-refractivity contribution in [3.8, 4) is 0 Å². The molecule has 0 radical (unpaired) electrons. The Morgan fingerprint density at radius 3 is 2.43 bits per heavy atom. The Labute approximate surface area is 125 Å². The lowest BCUT2D eigenvalue weighted by Crippen LogP contribution is -2.51. The van der Waals surface area contributed by atoms with Gasteiger partial charge in [0, 0.05) is 6.54 Å². The molecule has 6 nitrogen and oxygen atoms in total. The number of piperidine rings is 1. The summed E-state index contributed by atoms with van der Waals surface area (Å²) in [6, 6.07) is 9.64. The quantitative estimate of drug-likeness (QED) is 0.695. The van der Waals surface area contributed by atoms with Crippen molar-refractivity contribution < 1.29 is 13.2 Å². The molecule has 0 atom stereocenters. The van der Waals surface area contributed by atoms with E-state index in [4.69, 9.17) is 5.14 Å². The number of primary sulfonamides is 1. The van der Waals surface area contributed by atoms with Crippen LogP contribution in [0.5, 0.6) is 0 Å². The molecule has 116 valence electrons. The molecule has 1 aromatic rings. The van der Waals surface area contributed by atoms with Gasteiger partial charge in [-0.15, -0.1) is 0 Å². The number of hydrogen-bond acceptors (Lipinski definition) is 4. The van der Waals surface area contributed by atoms with Gasteiger partial charge in [-0.3, -0.25) is 4.79 Å². The molecule has 0 aliphatic carbocycles. The average molecular weight is 311 g/mol. The minimum atomic E-state index is -3.56. The Balaban J connectivity index is 2.14. The van der Waals surface area contributed by atoms with E-state index in [9.17, 15) is 13.2 Å². The van der Waals surface area contributed by atoms with Gasteiger partial charge in [-0.1, -0.05) is 30.3 Å². The first kappa shape index (κ1) is 15.9. The number of sulfonamides is 1. The molecule has 1 amide bonds. The standard InChI is InChI=1S/C14H21N3O3S/c15-21(19,20)11-10-17-13(18)14(6-8-16-9-7-14)12-4-2-1-3-5-12/h1-5,16H,6-11H2,(H,17,18)(H2,15,19,20). The molecule has 1 saturated heterocycles. The fraction of sp³-hybridized carbons (Fsp3) is 0.500. The summed E-state index contributed by atoms with van der Waals surface area (Å²) in [7, 11) is -3.56. The molecule has 1 fully saturated rings. The van der Waals surface area contributed by atoms with E-state index >= 15 is 0 Å². The highest BCUT2D eigenvalue weighted by molar-refractivity contribution is 7.89. The number of carbonyl (C=O) groups excluding carboxylic acids is 1. The summed E-state index contributed by atoms with van der Waals surface area (Å²) in [6.07, 6.45) is 1.39. The summed E-state index contributed by atoms with van der Waals surface area (Å²) in [5.74, 6) is -0.374. The highest BCUT2D eigenvalue weighted by atomic mass is 32.2. The molecule has 1 aliphatic heterocycles. The fourth-order valence-corrected chi connectivity index (χ4v) is 3.12. The van der Waals surface area contributed by atoms with E-state index in [1.807, 2.05) is 30.3 Å². The van der Waals surface area contributed by atoms with E-state index in [1.165, 1.54) is 0 Å². The summed E-state index contributed by atoms with van der Waals surface area (Å²) >= 11 is 0. The van der Waals surface area contributed by atoms with Gasteiger partial charge in [0.1, 0.15) is 0 Å². The topological polar surface area (TPSA) is 101 Å². The molecule has 1 aromatic carbocycles. The van der Waals surface area contributed by atoms with Gasteiger partial charge in [-0.05, 0) is 31.5 Å². The number of benzene rings is 1. The Morgan fingerprint density at radius 1 is 1.24 bits per heavy atom. The summed E-state index contributed by atoms with van der Waals surface area (Å²) < 4.78 is 21.9. The van der Waals surface area contributed by atoms with Crippen LogP contribution >= 0.6 is 0 Å². The second kappa shape index (κ2) is 6.55. The third-order valence-electron chi connectivity index (χ3n) is 3.89. The van der Waals surface area contributed by atoms with E-state index in [0.29, 0.717) is 12.8 Å². The van der Waals surface area contributed by atoms with E-state index in [1.54, 1.807) is 0 Å². The lowest BCUT2D eigenvalue weighted by Gasteiger charge is -2.36. The number of amides is 1. The first-order chi connectivity index (χ1) is 9.94. The van der Waals surface area contributed by atoms with Crippen LogP contribution in [0.25, 0.3) is 0 Å². The molecule has 1 heterocycles. The normalized spacial score (nSPS) is 18.1.